The highest BCUT2D eigenvalue weighted by Crippen LogP contribution is 2.23. The highest BCUT2D eigenvalue weighted by molar-refractivity contribution is 7.98. The molecule has 0 spiro atoms. The van der Waals surface area contributed by atoms with Crippen LogP contribution in [0.25, 0.3) is 0 Å². The van der Waals surface area contributed by atoms with E-state index in [4.69, 9.17) is 0 Å². The van der Waals surface area contributed by atoms with Crippen LogP contribution in [0.3, 0.4) is 0 Å². The van der Waals surface area contributed by atoms with Crippen LogP contribution in [0.1, 0.15) is 48.9 Å². The third-order valence-corrected chi connectivity index (χ3v) is 6.01. The van der Waals surface area contributed by atoms with E-state index in [2.05, 4.69) is 15.3 Å². The lowest BCUT2D eigenvalue weighted by Gasteiger charge is -2.21. The van der Waals surface area contributed by atoms with Gasteiger partial charge in [0.1, 0.15) is 0 Å². The molecule has 0 unspecified atom stereocenters. The van der Waals surface area contributed by atoms with Gasteiger partial charge in [-0.2, -0.15) is 0 Å². The summed E-state index contributed by atoms with van der Waals surface area (Å²) in [5.74, 6) is 1.22. The van der Waals surface area contributed by atoms with E-state index in [0.717, 1.165) is 5.75 Å². The van der Waals surface area contributed by atoms with Crippen LogP contribution >= 0.6 is 11.8 Å². The molecule has 1 aromatic carbocycles. The van der Waals surface area contributed by atoms with Crippen LogP contribution in [0.15, 0.2) is 40.3 Å². The molecule has 5 nitrogen and oxygen atoms in total. The number of nitrogens with zero attached hydrogens (tertiary/aromatic N) is 1. The number of carbonyl (C=O) groups excluding carboxylic acids is 1. The lowest BCUT2D eigenvalue weighted by Crippen LogP contribution is -2.33. The van der Waals surface area contributed by atoms with E-state index in [-0.39, 0.29) is 17.9 Å². The number of aryl methyl sites for hydroxylation is 1. The minimum Gasteiger partial charge on any atom is -0.356 e. The zero-order valence-corrected chi connectivity index (χ0v) is 16.6. The Morgan fingerprint density at radius 2 is 1.96 bits per heavy atom. The van der Waals surface area contributed by atoms with Crippen molar-refractivity contribution in [3.05, 3.63) is 57.5 Å². The fourth-order valence-electron chi connectivity index (χ4n) is 3.46. The quantitative estimate of drug-likeness (QED) is 0.564. The van der Waals surface area contributed by atoms with Gasteiger partial charge >= 0.3 is 0 Å². The zero-order valence-electron chi connectivity index (χ0n) is 15.8. The molecule has 0 aliphatic heterocycles. The fourth-order valence-corrected chi connectivity index (χ4v) is 4.32. The average molecular weight is 386 g/mol. The van der Waals surface area contributed by atoms with Crippen LogP contribution in [0, 0.1) is 12.8 Å². The lowest BCUT2D eigenvalue weighted by molar-refractivity contribution is -0.120. The van der Waals surface area contributed by atoms with Crippen molar-refractivity contribution in [1.82, 2.24) is 15.3 Å². The third kappa shape index (κ3) is 5.96. The fraction of sp³-hybridized carbons (Fsp3) is 0.476. The smallest absolute Gasteiger partial charge is 0.255 e. The van der Waals surface area contributed by atoms with E-state index in [1.54, 1.807) is 6.92 Å². The van der Waals surface area contributed by atoms with Gasteiger partial charge in [0.2, 0.25) is 5.91 Å². The number of aromatic nitrogens is 2. The van der Waals surface area contributed by atoms with Crippen molar-refractivity contribution in [3.8, 4) is 0 Å². The molecular formula is C21H27N3O2S. The zero-order chi connectivity index (χ0) is 19.1. The number of hydrogen-bond donors (Lipinski definition) is 2. The van der Waals surface area contributed by atoms with Crippen LogP contribution in [0.2, 0.25) is 0 Å². The lowest BCUT2D eigenvalue weighted by atomic mass is 9.89. The first-order valence-electron chi connectivity index (χ1n) is 9.65. The number of nitrogens with one attached hydrogen (secondary N) is 2. The number of rotatable bonds is 7. The van der Waals surface area contributed by atoms with Crippen LogP contribution in [-0.4, -0.2) is 22.4 Å². The molecule has 0 saturated heterocycles. The molecule has 0 radical (unpaired) electrons. The minimum atomic E-state index is -0.217. The van der Waals surface area contributed by atoms with Crippen molar-refractivity contribution < 1.29 is 4.79 Å². The first kappa shape index (κ1) is 19.7. The molecule has 144 valence electrons. The number of hydrogen-bond acceptors (Lipinski definition) is 4. The maximum absolute atomic E-state index is 12.4. The predicted molar refractivity (Wildman–Crippen MR) is 109 cm³/mol. The number of aromatic amines is 1. The molecule has 0 atom stereocenters. The van der Waals surface area contributed by atoms with E-state index in [1.165, 1.54) is 49.4 Å². The maximum atomic E-state index is 12.4. The monoisotopic (exact) mass is 385 g/mol. The topological polar surface area (TPSA) is 74.8 Å². The van der Waals surface area contributed by atoms with E-state index in [0.29, 0.717) is 28.9 Å². The first-order chi connectivity index (χ1) is 13.1. The molecule has 1 saturated carbocycles. The van der Waals surface area contributed by atoms with Gasteiger partial charge in [-0.15, -0.1) is 0 Å². The Balaban J connectivity index is 1.55. The number of carbonyl (C=O) groups is 1. The van der Waals surface area contributed by atoms with E-state index >= 15 is 0 Å². The van der Waals surface area contributed by atoms with Gasteiger partial charge in [0, 0.05) is 23.6 Å². The van der Waals surface area contributed by atoms with Gasteiger partial charge in [-0.25, -0.2) is 4.98 Å². The number of amides is 1. The minimum absolute atomic E-state index is 0.0878. The van der Waals surface area contributed by atoms with Gasteiger partial charge in [-0.05, 0) is 31.2 Å². The van der Waals surface area contributed by atoms with Crippen molar-refractivity contribution in [2.45, 2.75) is 56.4 Å². The molecule has 3 rings (SSSR count). The molecule has 2 N–H and O–H groups in total. The molecule has 0 bridgehead atoms. The van der Waals surface area contributed by atoms with Crippen molar-refractivity contribution in [1.29, 1.82) is 0 Å². The Morgan fingerprint density at radius 3 is 2.67 bits per heavy atom. The molecule has 1 heterocycles. The Hall–Kier alpha value is -2.08. The molecule has 27 heavy (non-hydrogen) atoms. The summed E-state index contributed by atoms with van der Waals surface area (Å²) in [6.45, 7) is 2.51. The van der Waals surface area contributed by atoms with E-state index in [9.17, 15) is 9.59 Å². The normalized spacial score (nSPS) is 14.9. The van der Waals surface area contributed by atoms with E-state index < -0.39 is 0 Å². The SMILES string of the molecule is Cc1nc(SCc2ccccc2)[nH]c(=O)c1CC(=O)NCC1CCCCC1. The third-order valence-electron chi connectivity index (χ3n) is 5.07. The summed E-state index contributed by atoms with van der Waals surface area (Å²) < 4.78 is 0. The number of H-pyrrole nitrogens is 1. The molecular weight excluding hydrogens is 358 g/mol. The Kier molecular flexibility index (Phi) is 7.10. The second-order valence-electron chi connectivity index (χ2n) is 7.19. The average Bonchev–Trinajstić information content (AvgIpc) is 2.69. The van der Waals surface area contributed by atoms with Gasteiger partial charge in [-0.1, -0.05) is 61.4 Å². The second-order valence-corrected chi connectivity index (χ2v) is 8.16. The van der Waals surface area contributed by atoms with Gasteiger partial charge < -0.3 is 10.3 Å². The largest absolute Gasteiger partial charge is 0.356 e. The van der Waals surface area contributed by atoms with Gasteiger partial charge in [0.05, 0.1) is 6.42 Å². The summed E-state index contributed by atoms with van der Waals surface area (Å²) in [4.78, 5) is 32.0. The van der Waals surface area contributed by atoms with Crippen LogP contribution in [0.5, 0.6) is 0 Å². The predicted octanol–water partition coefficient (Wildman–Crippen LogP) is 3.61. The molecule has 6 heteroatoms. The summed E-state index contributed by atoms with van der Waals surface area (Å²) in [6, 6.07) is 10.1. The standard InChI is InChI=1S/C21H27N3O2S/c1-15-18(12-19(25)22-13-16-8-4-2-5-9-16)20(26)24-21(23-15)27-14-17-10-6-3-7-11-17/h3,6-7,10-11,16H,2,4-5,8-9,12-14H2,1H3,(H,22,25)(H,23,24,26). The van der Waals surface area contributed by atoms with Crippen molar-refractivity contribution >= 4 is 17.7 Å². The van der Waals surface area contributed by atoms with Crippen molar-refractivity contribution in [2.75, 3.05) is 6.54 Å². The molecule has 1 aliphatic carbocycles. The second kappa shape index (κ2) is 9.74. The summed E-state index contributed by atoms with van der Waals surface area (Å²) in [7, 11) is 0. The first-order valence-corrected chi connectivity index (χ1v) is 10.6. The summed E-state index contributed by atoms with van der Waals surface area (Å²) in [5.41, 5.74) is 2.04. The molecule has 1 aromatic heterocycles. The summed E-state index contributed by atoms with van der Waals surface area (Å²) in [5, 5.41) is 3.58. The van der Waals surface area contributed by atoms with Crippen LogP contribution in [0.4, 0.5) is 0 Å². The summed E-state index contributed by atoms with van der Waals surface area (Å²) in [6.07, 6.45) is 6.28. The van der Waals surface area contributed by atoms with Crippen molar-refractivity contribution in [2.24, 2.45) is 5.92 Å². The Labute approximate surface area is 164 Å². The van der Waals surface area contributed by atoms with Gasteiger partial charge in [0.25, 0.3) is 5.56 Å². The van der Waals surface area contributed by atoms with Crippen molar-refractivity contribution in [3.63, 3.8) is 0 Å². The number of thioether (sulfide) groups is 1. The highest BCUT2D eigenvalue weighted by atomic mass is 32.2. The molecule has 1 fully saturated rings. The van der Waals surface area contributed by atoms with Gasteiger partial charge in [-0.3, -0.25) is 9.59 Å². The molecule has 1 amide bonds. The van der Waals surface area contributed by atoms with Crippen LogP contribution in [-0.2, 0) is 17.0 Å². The van der Waals surface area contributed by atoms with Gasteiger partial charge in [0.15, 0.2) is 5.16 Å². The Morgan fingerprint density at radius 1 is 1.22 bits per heavy atom. The highest BCUT2D eigenvalue weighted by Gasteiger charge is 2.16. The van der Waals surface area contributed by atoms with E-state index in [1.807, 2.05) is 30.3 Å². The Bertz CT molecular complexity index is 814. The number of benzene rings is 1. The molecule has 1 aliphatic rings. The maximum Gasteiger partial charge on any atom is 0.255 e. The molecule has 2 aromatic rings. The van der Waals surface area contributed by atoms with Crippen LogP contribution < -0.4 is 10.9 Å². The summed E-state index contributed by atoms with van der Waals surface area (Å²) >= 11 is 1.49.